The quantitative estimate of drug-likeness (QED) is 0.884. The van der Waals surface area contributed by atoms with E-state index in [-0.39, 0.29) is 11.4 Å². The van der Waals surface area contributed by atoms with E-state index in [1.54, 1.807) is 7.11 Å². The summed E-state index contributed by atoms with van der Waals surface area (Å²) >= 11 is 0. The van der Waals surface area contributed by atoms with Crippen LogP contribution >= 0.6 is 0 Å². The van der Waals surface area contributed by atoms with Gasteiger partial charge in [0.1, 0.15) is 5.75 Å². The molecule has 1 aliphatic heterocycles. The SMILES string of the molecule is COc1ccc(C)cc1C(=O)N1CCNCC1(C)C. The Hall–Kier alpha value is -1.55. The van der Waals surface area contributed by atoms with E-state index < -0.39 is 0 Å². The molecule has 0 radical (unpaired) electrons. The van der Waals surface area contributed by atoms with Gasteiger partial charge < -0.3 is 15.0 Å². The van der Waals surface area contributed by atoms with Crippen LogP contribution in [0.25, 0.3) is 0 Å². The number of rotatable bonds is 2. The van der Waals surface area contributed by atoms with Gasteiger partial charge in [-0.3, -0.25) is 4.79 Å². The second-order valence-corrected chi connectivity index (χ2v) is 5.65. The molecule has 1 aliphatic rings. The Balaban J connectivity index is 2.35. The van der Waals surface area contributed by atoms with E-state index in [9.17, 15) is 4.79 Å². The van der Waals surface area contributed by atoms with Crippen LogP contribution in [0.3, 0.4) is 0 Å². The number of aryl methyl sites for hydroxylation is 1. The Labute approximate surface area is 114 Å². The van der Waals surface area contributed by atoms with E-state index in [1.165, 1.54) is 0 Å². The van der Waals surface area contributed by atoms with Gasteiger partial charge in [-0.25, -0.2) is 0 Å². The minimum absolute atomic E-state index is 0.0482. The fraction of sp³-hybridized carbons (Fsp3) is 0.533. The monoisotopic (exact) mass is 262 g/mol. The number of nitrogens with one attached hydrogen (secondary N) is 1. The van der Waals surface area contributed by atoms with Crippen molar-refractivity contribution in [3.8, 4) is 5.75 Å². The van der Waals surface area contributed by atoms with Crippen LogP contribution in [0, 0.1) is 6.92 Å². The van der Waals surface area contributed by atoms with E-state index in [0.29, 0.717) is 11.3 Å². The molecule has 2 rings (SSSR count). The average molecular weight is 262 g/mol. The second kappa shape index (κ2) is 5.21. The molecule has 4 heteroatoms. The van der Waals surface area contributed by atoms with Gasteiger partial charge in [0.05, 0.1) is 18.2 Å². The fourth-order valence-electron chi connectivity index (χ4n) is 2.49. The highest BCUT2D eigenvalue weighted by atomic mass is 16.5. The number of piperazine rings is 1. The standard InChI is InChI=1S/C15H22N2O2/c1-11-5-6-13(19-4)12(9-11)14(18)17-8-7-16-10-15(17,2)3/h5-6,9,16H,7-8,10H2,1-4H3. The molecular formula is C15H22N2O2. The largest absolute Gasteiger partial charge is 0.496 e. The zero-order valence-corrected chi connectivity index (χ0v) is 12.1. The molecule has 4 nitrogen and oxygen atoms in total. The second-order valence-electron chi connectivity index (χ2n) is 5.65. The third-order valence-electron chi connectivity index (χ3n) is 3.63. The third-order valence-corrected chi connectivity index (χ3v) is 3.63. The van der Waals surface area contributed by atoms with Gasteiger partial charge in [0.2, 0.25) is 0 Å². The van der Waals surface area contributed by atoms with Gasteiger partial charge in [0, 0.05) is 19.6 Å². The smallest absolute Gasteiger partial charge is 0.258 e. The van der Waals surface area contributed by atoms with Gasteiger partial charge in [-0.1, -0.05) is 11.6 Å². The van der Waals surface area contributed by atoms with Crippen molar-refractivity contribution < 1.29 is 9.53 Å². The van der Waals surface area contributed by atoms with Gasteiger partial charge in [-0.2, -0.15) is 0 Å². The highest BCUT2D eigenvalue weighted by Gasteiger charge is 2.34. The molecule has 0 aromatic heterocycles. The van der Waals surface area contributed by atoms with Crippen LogP contribution in [-0.2, 0) is 0 Å². The van der Waals surface area contributed by atoms with E-state index in [4.69, 9.17) is 4.74 Å². The normalized spacial score (nSPS) is 18.2. The summed E-state index contributed by atoms with van der Waals surface area (Å²) in [5.41, 5.74) is 1.54. The van der Waals surface area contributed by atoms with Crippen molar-refractivity contribution >= 4 is 5.91 Å². The molecule has 0 bridgehead atoms. The van der Waals surface area contributed by atoms with Crippen molar-refractivity contribution in [1.82, 2.24) is 10.2 Å². The molecule has 1 fully saturated rings. The van der Waals surface area contributed by atoms with E-state index >= 15 is 0 Å². The van der Waals surface area contributed by atoms with Gasteiger partial charge in [-0.05, 0) is 32.9 Å². The summed E-state index contributed by atoms with van der Waals surface area (Å²) in [7, 11) is 1.60. The summed E-state index contributed by atoms with van der Waals surface area (Å²) in [4.78, 5) is 14.7. The number of ether oxygens (including phenoxy) is 1. The number of hydrogen-bond acceptors (Lipinski definition) is 3. The van der Waals surface area contributed by atoms with Crippen LogP contribution in [-0.4, -0.2) is 43.1 Å². The lowest BCUT2D eigenvalue weighted by atomic mass is 9.98. The minimum atomic E-state index is -0.176. The summed E-state index contributed by atoms with van der Waals surface area (Å²) in [6, 6.07) is 5.72. The predicted octanol–water partition coefficient (Wildman–Crippen LogP) is 1.83. The molecule has 0 spiro atoms. The zero-order valence-electron chi connectivity index (χ0n) is 12.1. The maximum atomic E-state index is 12.8. The Bertz CT molecular complexity index is 483. The molecule has 0 saturated carbocycles. The first kappa shape index (κ1) is 13.9. The van der Waals surface area contributed by atoms with Crippen LogP contribution < -0.4 is 10.1 Å². The van der Waals surface area contributed by atoms with Crippen LogP contribution in [0.5, 0.6) is 5.75 Å². The minimum Gasteiger partial charge on any atom is -0.496 e. The van der Waals surface area contributed by atoms with Crippen LogP contribution in [0.4, 0.5) is 0 Å². The zero-order chi connectivity index (χ0) is 14.0. The van der Waals surface area contributed by atoms with Gasteiger partial charge in [-0.15, -0.1) is 0 Å². The molecule has 0 atom stereocenters. The predicted molar refractivity (Wildman–Crippen MR) is 75.7 cm³/mol. The lowest BCUT2D eigenvalue weighted by Crippen LogP contribution is -2.59. The van der Waals surface area contributed by atoms with Crippen LogP contribution in [0.1, 0.15) is 29.8 Å². The van der Waals surface area contributed by atoms with Crippen molar-refractivity contribution in [2.45, 2.75) is 26.3 Å². The first-order valence-corrected chi connectivity index (χ1v) is 6.63. The first-order chi connectivity index (χ1) is 8.95. The highest BCUT2D eigenvalue weighted by Crippen LogP contribution is 2.25. The Morgan fingerprint density at radius 2 is 2.16 bits per heavy atom. The maximum absolute atomic E-state index is 12.8. The number of amides is 1. The molecule has 0 unspecified atom stereocenters. The van der Waals surface area contributed by atoms with E-state index in [0.717, 1.165) is 25.2 Å². The number of nitrogens with zero attached hydrogens (tertiary/aromatic N) is 1. The summed E-state index contributed by atoms with van der Waals surface area (Å²) in [5.74, 6) is 0.692. The Morgan fingerprint density at radius 1 is 1.42 bits per heavy atom. The van der Waals surface area contributed by atoms with Crippen molar-refractivity contribution in [2.24, 2.45) is 0 Å². The molecule has 19 heavy (non-hydrogen) atoms. The van der Waals surface area contributed by atoms with Crippen molar-refractivity contribution in [1.29, 1.82) is 0 Å². The molecule has 0 aliphatic carbocycles. The molecule has 1 N–H and O–H groups in total. The molecular weight excluding hydrogens is 240 g/mol. The first-order valence-electron chi connectivity index (χ1n) is 6.63. The molecule has 1 heterocycles. The van der Waals surface area contributed by atoms with Crippen LogP contribution in [0.2, 0.25) is 0 Å². The molecule has 1 amide bonds. The van der Waals surface area contributed by atoms with Crippen molar-refractivity contribution in [2.75, 3.05) is 26.7 Å². The van der Waals surface area contributed by atoms with Crippen molar-refractivity contribution in [3.05, 3.63) is 29.3 Å². The van der Waals surface area contributed by atoms with Gasteiger partial charge in [0.15, 0.2) is 0 Å². The number of benzene rings is 1. The van der Waals surface area contributed by atoms with E-state index in [1.807, 2.05) is 30.0 Å². The molecule has 1 aromatic carbocycles. The number of hydrogen-bond donors (Lipinski definition) is 1. The van der Waals surface area contributed by atoms with E-state index in [2.05, 4.69) is 19.2 Å². The molecule has 1 aromatic rings. The van der Waals surface area contributed by atoms with Crippen molar-refractivity contribution in [3.63, 3.8) is 0 Å². The number of methoxy groups -OCH3 is 1. The Morgan fingerprint density at radius 3 is 2.79 bits per heavy atom. The fourth-order valence-corrected chi connectivity index (χ4v) is 2.49. The van der Waals surface area contributed by atoms with Crippen LogP contribution in [0.15, 0.2) is 18.2 Å². The van der Waals surface area contributed by atoms with Gasteiger partial charge in [0.25, 0.3) is 5.91 Å². The average Bonchev–Trinajstić information content (AvgIpc) is 2.37. The molecule has 104 valence electrons. The van der Waals surface area contributed by atoms with Gasteiger partial charge >= 0.3 is 0 Å². The maximum Gasteiger partial charge on any atom is 0.258 e. The third kappa shape index (κ3) is 2.73. The Kier molecular flexibility index (Phi) is 3.80. The highest BCUT2D eigenvalue weighted by molar-refractivity contribution is 5.97. The number of carbonyl (C=O) groups excluding carboxylic acids is 1. The lowest BCUT2D eigenvalue weighted by Gasteiger charge is -2.43. The number of carbonyl (C=O) groups is 1. The molecule has 1 saturated heterocycles. The lowest BCUT2D eigenvalue weighted by molar-refractivity contribution is 0.0474. The summed E-state index contributed by atoms with van der Waals surface area (Å²) in [5, 5.41) is 3.33. The summed E-state index contributed by atoms with van der Waals surface area (Å²) in [6.45, 7) is 8.52. The summed E-state index contributed by atoms with van der Waals surface area (Å²) in [6.07, 6.45) is 0. The summed E-state index contributed by atoms with van der Waals surface area (Å²) < 4.78 is 5.32. The topological polar surface area (TPSA) is 41.6 Å².